The number of anilines is 1. The SMILES string of the molecule is COc1cc(OC)nc(NCC2(C)CCN(C)CC2)n1. The van der Waals surface area contributed by atoms with Crippen molar-refractivity contribution in [3.8, 4) is 11.8 Å². The minimum absolute atomic E-state index is 0.284. The molecule has 2 rings (SSSR count). The van der Waals surface area contributed by atoms with Gasteiger partial charge >= 0.3 is 0 Å². The van der Waals surface area contributed by atoms with Crippen molar-refractivity contribution in [1.82, 2.24) is 14.9 Å². The highest BCUT2D eigenvalue weighted by atomic mass is 16.5. The van der Waals surface area contributed by atoms with Gasteiger partial charge in [0.2, 0.25) is 17.7 Å². The van der Waals surface area contributed by atoms with E-state index in [0.717, 1.165) is 19.6 Å². The van der Waals surface area contributed by atoms with Crippen molar-refractivity contribution in [1.29, 1.82) is 0 Å². The van der Waals surface area contributed by atoms with Crippen LogP contribution in [0.25, 0.3) is 0 Å². The summed E-state index contributed by atoms with van der Waals surface area (Å²) < 4.78 is 10.3. The third-order valence-electron chi connectivity index (χ3n) is 3.96. The van der Waals surface area contributed by atoms with Crippen LogP contribution in [0.5, 0.6) is 11.8 Å². The van der Waals surface area contributed by atoms with Gasteiger partial charge in [0.25, 0.3) is 0 Å². The molecule has 0 spiro atoms. The number of aromatic nitrogens is 2. The number of ether oxygens (including phenoxy) is 2. The van der Waals surface area contributed by atoms with Crippen molar-refractivity contribution >= 4 is 5.95 Å². The van der Waals surface area contributed by atoms with E-state index in [4.69, 9.17) is 9.47 Å². The minimum atomic E-state index is 0.284. The Morgan fingerprint density at radius 2 is 1.75 bits per heavy atom. The van der Waals surface area contributed by atoms with E-state index in [9.17, 15) is 0 Å². The molecule has 1 aromatic heterocycles. The molecule has 1 aliphatic heterocycles. The first kappa shape index (κ1) is 14.8. The second-order valence-electron chi connectivity index (χ2n) is 5.74. The lowest BCUT2D eigenvalue weighted by atomic mass is 9.80. The largest absolute Gasteiger partial charge is 0.481 e. The zero-order valence-electron chi connectivity index (χ0n) is 12.8. The van der Waals surface area contributed by atoms with Gasteiger partial charge < -0.3 is 19.7 Å². The highest BCUT2D eigenvalue weighted by Crippen LogP contribution is 2.30. The van der Waals surface area contributed by atoms with Gasteiger partial charge in [-0.1, -0.05) is 6.92 Å². The molecule has 6 nitrogen and oxygen atoms in total. The number of likely N-dealkylation sites (tertiary alicyclic amines) is 1. The number of hydrogen-bond donors (Lipinski definition) is 1. The predicted octanol–water partition coefficient (Wildman–Crippen LogP) is 1.64. The van der Waals surface area contributed by atoms with E-state index in [1.807, 2.05) is 0 Å². The predicted molar refractivity (Wildman–Crippen MR) is 78.5 cm³/mol. The first-order chi connectivity index (χ1) is 9.54. The third kappa shape index (κ3) is 3.72. The third-order valence-corrected chi connectivity index (χ3v) is 3.96. The molecule has 0 aliphatic carbocycles. The topological polar surface area (TPSA) is 59.5 Å². The molecule has 1 saturated heterocycles. The Morgan fingerprint density at radius 1 is 1.20 bits per heavy atom. The number of rotatable bonds is 5. The van der Waals surface area contributed by atoms with Gasteiger partial charge in [-0.05, 0) is 38.4 Å². The molecule has 0 aromatic carbocycles. The van der Waals surface area contributed by atoms with Gasteiger partial charge in [0.1, 0.15) is 0 Å². The van der Waals surface area contributed by atoms with E-state index >= 15 is 0 Å². The van der Waals surface area contributed by atoms with Crippen LogP contribution >= 0.6 is 0 Å². The highest BCUT2D eigenvalue weighted by molar-refractivity contribution is 5.33. The van der Waals surface area contributed by atoms with E-state index in [2.05, 4.69) is 34.2 Å². The van der Waals surface area contributed by atoms with Crippen molar-refractivity contribution in [2.24, 2.45) is 5.41 Å². The first-order valence-corrected chi connectivity index (χ1v) is 6.94. The van der Waals surface area contributed by atoms with E-state index in [-0.39, 0.29) is 5.41 Å². The molecule has 0 radical (unpaired) electrons. The number of hydrogen-bond acceptors (Lipinski definition) is 6. The molecule has 1 fully saturated rings. The van der Waals surface area contributed by atoms with Crippen LogP contribution in [0.4, 0.5) is 5.95 Å². The lowest BCUT2D eigenvalue weighted by Gasteiger charge is -2.37. The zero-order chi connectivity index (χ0) is 14.6. The summed E-state index contributed by atoms with van der Waals surface area (Å²) in [4.78, 5) is 11.0. The Morgan fingerprint density at radius 3 is 2.25 bits per heavy atom. The monoisotopic (exact) mass is 280 g/mol. The first-order valence-electron chi connectivity index (χ1n) is 6.94. The van der Waals surface area contributed by atoms with Crippen LogP contribution in [0.1, 0.15) is 19.8 Å². The number of piperidine rings is 1. The summed E-state index contributed by atoms with van der Waals surface area (Å²) in [5.74, 6) is 1.57. The van der Waals surface area contributed by atoms with Gasteiger partial charge in [0.05, 0.1) is 20.3 Å². The number of nitrogens with zero attached hydrogens (tertiary/aromatic N) is 3. The zero-order valence-corrected chi connectivity index (χ0v) is 12.8. The highest BCUT2D eigenvalue weighted by Gasteiger charge is 2.28. The van der Waals surface area contributed by atoms with Gasteiger partial charge in [-0.3, -0.25) is 0 Å². The summed E-state index contributed by atoms with van der Waals surface area (Å²) in [6, 6.07) is 1.67. The Hall–Kier alpha value is -1.56. The number of methoxy groups -OCH3 is 2. The number of nitrogens with one attached hydrogen (secondary N) is 1. The van der Waals surface area contributed by atoms with Crippen molar-refractivity contribution in [2.45, 2.75) is 19.8 Å². The van der Waals surface area contributed by atoms with E-state index < -0.39 is 0 Å². The normalized spacial score (nSPS) is 18.6. The van der Waals surface area contributed by atoms with Gasteiger partial charge in [0, 0.05) is 6.54 Å². The van der Waals surface area contributed by atoms with Crippen LogP contribution < -0.4 is 14.8 Å². The smallest absolute Gasteiger partial charge is 0.229 e. The molecule has 2 heterocycles. The lowest BCUT2D eigenvalue weighted by Crippen LogP contribution is -2.40. The molecule has 1 aromatic rings. The Labute approximate surface area is 120 Å². The molecule has 1 aliphatic rings. The molecule has 6 heteroatoms. The van der Waals surface area contributed by atoms with Crippen molar-refractivity contribution < 1.29 is 9.47 Å². The van der Waals surface area contributed by atoms with Crippen LogP contribution in [0.3, 0.4) is 0 Å². The average molecular weight is 280 g/mol. The molecule has 0 unspecified atom stereocenters. The fraction of sp³-hybridized carbons (Fsp3) is 0.714. The molecular weight excluding hydrogens is 256 g/mol. The molecule has 0 bridgehead atoms. The van der Waals surface area contributed by atoms with E-state index in [1.165, 1.54) is 12.8 Å². The summed E-state index contributed by atoms with van der Waals surface area (Å²) in [6.07, 6.45) is 2.36. The fourth-order valence-corrected chi connectivity index (χ4v) is 2.32. The van der Waals surface area contributed by atoms with Crippen LogP contribution in [0, 0.1) is 5.41 Å². The molecule has 1 N–H and O–H groups in total. The molecular formula is C14H24N4O2. The van der Waals surface area contributed by atoms with E-state index in [1.54, 1.807) is 20.3 Å². The summed E-state index contributed by atoms with van der Waals surface area (Å²) in [5, 5.41) is 3.32. The molecule has 0 atom stereocenters. The second kappa shape index (κ2) is 6.26. The Balaban J connectivity index is 1.99. The summed E-state index contributed by atoms with van der Waals surface area (Å²) in [6.45, 7) is 5.45. The maximum atomic E-state index is 5.15. The van der Waals surface area contributed by atoms with Crippen molar-refractivity contribution in [3.63, 3.8) is 0 Å². The molecule has 0 amide bonds. The molecule has 0 saturated carbocycles. The minimum Gasteiger partial charge on any atom is -0.481 e. The molecule has 112 valence electrons. The second-order valence-corrected chi connectivity index (χ2v) is 5.74. The van der Waals surface area contributed by atoms with Gasteiger partial charge in [-0.25, -0.2) is 0 Å². The fourth-order valence-electron chi connectivity index (χ4n) is 2.32. The standard InChI is InChI=1S/C14H24N4O2/c1-14(5-7-18(2)8-6-14)10-15-13-16-11(19-3)9-12(17-13)20-4/h9H,5-8,10H2,1-4H3,(H,15,16,17). The van der Waals surface area contributed by atoms with Crippen molar-refractivity contribution in [2.75, 3.05) is 46.2 Å². The maximum Gasteiger partial charge on any atom is 0.229 e. The summed E-state index contributed by atoms with van der Waals surface area (Å²) in [5.41, 5.74) is 0.284. The Kier molecular flexibility index (Phi) is 4.65. The average Bonchev–Trinajstić information content (AvgIpc) is 2.48. The van der Waals surface area contributed by atoms with Crippen LogP contribution in [-0.4, -0.2) is 55.8 Å². The van der Waals surface area contributed by atoms with Gasteiger partial charge in [-0.15, -0.1) is 0 Å². The Bertz CT molecular complexity index is 423. The summed E-state index contributed by atoms with van der Waals surface area (Å²) in [7, 11) is 5.34. The van der Waals surface area contributed by atoms with Gasteiger partial charge in [-0.2, -0.15) is 9.97 Å². The van der Waals surface area contributed by atoms with Crippen LogP contribution in [0.15, 0.2) is 6.07 Å². The van der Waals surface area contributed by atoms with Gasteiger partial charge in [0.15, 0.2) is 0 Å². The summed E-state index contributed by atoms with van der Waals surface area (Å²) >= 11 is 0. The van der Waals surface area contributed by atoms with Crippen molar-refractivity contribution in [3.05, 3.63) is 6.07 Å². The lowest BCUT2D eigenvalue weighted by molar-refractivity contribution is 0.150. The maximum absolute atomic E-state index is 5.15. The quantitative estimate of drug-likeness (QED) is 0.885. The van der Waals surface area contributed by atoms with E-state index in [0.29, 0.717) is 17.7 Å². The molecule has 20 heavy (non-hydrogen) atoms. The van der Waals surface area contributed by atoms with Crippen LogP contribution in [-0.2, 0) is 0 Å². The van der Waals surface area contributed by atoms with Crippen LogP contribution in [0.2, 0.25) is 0 Å².